The van der Waals surface area contributed by atoms with E-state index in [0.717, 1.165) is 0 Å². The van der Waals surface area contributed by atoms with E-state index in [-0.39, 0.29) is 18.6 Å². The first kappa shape index (κ1) is 13.3. The van der Waals surface area contributed by atoms with Crippen LogP contribution in [0.3, 0.4) is 0 Å². The second-order valence-corrected chi connectivity index (χ2v) is 4.61. The number of carboxylic acid groups (broad SMARTS) is 1. The fourth-order valence-electron chi connectivity index (χ4n) is 2.01. The molecular formula is C14H14O5. The Labute approximate surface area is 110 Å². The van der Waals surface area contributed by atoms with E-state index in [1.54, 1.807) is 30.3 Å². The van der Waals surface area contributed by atoms with Crippen LogP contribution < -0.4 is 0 Å². The van der Waals surface area contributed by atoms with Gasteiger partial charge in [-0.2, -0.15) is 0 Å². The molecule has 0 aromatic heterocycles. The van der Waals surface area contributed by atoms with E-state index in [9.17, 15) is 14.4 Å². The summed E-state index contributed by atoms with van der Waals surface area (Å²) in [5.74, 6) is -2.32. The van der Waals surface area contributed by atoms with Crippen LogP contribution in [0.15, 0.2) is 30.3 Å². The summed E-state index contributed by atoms with van der Waals surface area (Å²) in [6, 6.07) is 8.43. The zero-order valence-electron chi connectivity index (χ0n) is 10.3. The van der Waals surface area contributed by atoms with E-state index in [1.807, 2.05) is 0 Å². The van der Waals surface area contributed by atoms with Crippen molar-refractivity contribution in [1.29, 1.82) is 0 Å². The minimum atomic E-state index is -1.43. The molecule has 100 valence electrons. The van der Waals surface area contributed by atoms with Crippen molar-refractivity contribution in [1.82, 2.24) is 0 Å². The number of ether oxygens (including phenoxy) is 1. The molecule has 1 aromatic carbocycles. The number of aliphatic carboxylic acids is 1. The monoisotopic (exact) mass is 262 g/mol. The smallest absolute Gasteiger partial charge is 0.323 e. The predicted octanol–water partition coefficient (Wildman–Crippen LogP) is 1.67. The molecular weight excluding hydrogens is 248 g/mol. The quantitative estimate of drug-likeness (QED) is 0.496. The lowest BCUT2D eigenvalue weighted by molar-refractivity contribution is -0.174. The topological polar surface area (TPSA) is 80.7 Å². The summed E-state index contributed by atoms with van der Waals surface area (Å²) in [5.41, 5.74) is -0.995. The Morgan fingerprint density at radius 2 is 1.79 bits per heavy atom. The number of esters is 1. The normalized spacial score (nSPS) is 16.2. The molecule has 1 saturated carbocycles. The average molecular weight is 262 g/mol. The highest BCUT2D eigenvalue weighted by Gasteiger charge is 2.52. The average Bonchev–Trinajstić information content (AvgIpc) is 2.35. The minimum Gasteiger partial charge on any atom is -0.480 e. The molecule has 0 spiro atoms. The number of carbonyl (C=O) groups excluding carboxylic acids is 2. The first-order valence-corrected chi connectivity index (χ1v) is 6.05. The van der Waals surface area contributed by atoms with Crippen molar-refractivity contribution in [3.63, 3.8) is 0 Å². The molecule has 1 aliphatic rings. The molecule has 0 bridgehead atoms. The largest absolute Gasteiger partial charge is 0.480 e. The van der Waals surface area contributed by atoms with Crippen LogP contribution in [-0.4, -0.2) is 29.4 Å². The van der Waals surface area contributed by atoms with Crippen molar-refractivity contribution >= 4 is 17.7 Å². The van der Waals surface area contributed by atoms with Gasteiger partial charge in [0.15, 0.2) is 17.8 Å². The number of hydrogen-bond donors (Lipinski definition) is 1. The zero-order chi connectivity index (χ0) is 13.9. The van der Waals surface area contributed by atoms with Crippen LogP contribution in [0, 0.1) is 5.41 Å². The van der Waals surface area contributed by atoms with Gasteiger partial charge in [-0.15, -0.1) is 0 Å². The molecule has 5 nitrogen and oxygen atoms in total. The molecule has 5 heteroatoms. The van der Waals surface area contributed by atoms with E-state index in [1.165, 1.54) is 0 Å². The highest BCUT2D eigenvalue weighted by atomic mass is 16.5. The standard InChI is InChI=1S/C14H14O5/c15-11(10-5-2-1-3-6-10)9-19-13(18)14(12(16)17)7-4-8-14/h1-3,5-6H,4,7-9H2,(H,16,17). The lowest BCUT2D eigenvalue weighted by Crippen LogP contribution is -2.46. The van der Waals surface area contributed by atoms with Crippen LogP contribution in [0.25, 0.3) is 0 Å². The second-order valence-electron chi connectivity index (χ2n) is 4.61. The second kappa shape index (κ2) is 5.22. The Morgan fingerprint density at radius 1 is 1.16 bits per heavy atom. The number of Topliss-reactive ketones (excluding diaryl/α,β-unsaturated/α-hetero) is 1. The molecule has 0 unspecified atom stereocenters. The number of ketones is 1. The van der Waals surface area contributed by atoms with Gasteiger partial charge in [0, 0.05) is 5.56 Å². The maximum absolute atomic E-state index is 11.8. The van der Waals surface area contributed by atoms with Crippen molar-refractivity contribution in [2.45, 2.75) is 19.3 Å². The molecule has 1 N–H and O–H groups in total. The molecule has 0 amide bonds. The van der Waals surface area contributed by atoms with Gasteiger partial charge in [-0.25, -0.2) is 0 Å². The first-order chi connectivity index (χ1) is 9.06. The van der Waals surface area contributed by atoms with Gasteiger partial charge >= 0.3 is 11.9 Å². The van der Waals surface area contributed by atoms with Gasteiger partial charge in [0.25, 0.3) is 0 Å². The van der Waals surface area contributed by atoms with Gasteiger partial charge < -0.3 is 9.84 Å². The van der Waals surface area contributed by atoms with Gasteiger partial charge in [-0.05, 0) is 19.3 Å². The Hall–Kier alpha value is -2.17. The molecule has 0 atom stereocenters. The van der Waals surface area contributed by atoms with Crippen LogP contribution in [0.1, 0.15) is 29.6 Å². The molecule has 1 aromatic rings. The van der Waals surface area contributed by atoms with Crippen molar-refractivity contribution < 1.29 is 24.2 Å². The van der Waals surface area contributed by atoms with Crippen molar-refractivity contribution in [2.75, 3.05) is 6.61 Å². The molecule has 19 heavy (non-hydrogen) atoms. The molecule has 0 saturated heterocycles. The highest BCUT2D eigenvalue weighted by Crippen LogP contribution is 2.42. The van der Waals surface area contributed by atoms with Crippen molar-refractivity contribution in [3.05, 3.63) is 35.9 Å². The zero-order valence-corrected chi connectivity index (χ0v) is 10.3. The number of benzene rings is 1. The number of hydrogen-bond acceptors (Lipinski definition) is 4. The number of carboxylic acids is 1. The molecule has 0 radical (unpaired) electrons. The van der Waals surface area contributed by atoms with E-state index in [2.05, 4.69) is 0 Å². The maximum atomic E-state index is 11.8. The maximum Gasteiger partial charge on any atom is 0.323 e. The van der Waals surface area contributed by atoms with E-state index in [4.69, 9.17) is 9.84 Å². The van der Waals surface area contributed by atoms with Gasteiger partial charge in [-0.1, -0.05) is 30.3 Å². The van der Waals surface area contributed by atoms with Crippen LogP contribution in [0.4, 0.5) is 0 Å². The molecule has 0 aliphatic heterocycles. The Kier molecular flexibility index (Phi) is 3.64. The lowest BCUT2D eigenvalue weighted by atomic mass is 9.69. The summed E-state index contributed by atoms with van der Waals surface area (Å²) in [6.07, 6.45) is 1.25. The fraction of sp³-hybridized carbons (Fsp3) is 0.357. The summed E-state index contributed by atoms with van der Waals surface area (Å²) in [5, 5.41) is 9.05. The van der Waals surface area contributed by atoms with Crippen LogP contribution in [-0.2, 0) is 14.3 Å². The predicted molar refractivity (Wildman–Crippen MR) is 65.7 cm³/mol. The molecule has 1 fully saturated rings. The molecule has 0 heterocycles. The van der Waals surface area contributed by atoms with E-state index < -0.39 is 24.0 Å². The Morgan fingerprint density at radius 3 is 2.26 bits per heavy atom. The number of carbonyl (C=O) groups is 3. The van der Waals surface area contributed by atoms with E-state index in [0.29, 0.717) is 12.0 Å². The van der Waals surface area contributed by atoms with Crippen molar-refractivity contribution in [3.8, 4) is 0 Å². The summed E-state index contributed by atoms with van der Waals surface area (Å²) in [6.45, 7) is -0.419. The molecule has 2 rings (SSSR count). The van der Waals surface area contributed by atoms with Gasteiger partial charge in [0.2, 0.25) is 0 Å². The lowest BCUT2D eigenvalue weighted by Gasteiger charge is -2.34. The third-order valence-corrected chi connectivity index (χ3v) is 3.44. The third-order valence-electron chi connectivity index (χ3n) is 3.44. The van der Waals surface area contributed by atoms with Gasteiger partial charge in [-0.3, -0.25) is 14.4 Å². The van der Waals surface area contributed by atoms with Gasteiger partial charge in [0.05, 0.1) is 0 Å². The number of rotatable bonds is 5. The summed E-state index contributed by atoms with van der Waals surface area (Å²) >= 11 is 0. The Bertz CT molecular complexity index is 502. The highest BCUT2D eigenvalue weighted by molar-refractivity contribution is 6.02. The molecule has 1 aliphatic carbocycles. The summed E-state index contributed by atoms with van der Waals surface area (Å²) < 4.78 is 4.86. The van der Waals surface area contributed by atoms with Crippen molar-refractivity contribution in [2.24, 2.45) is 5.41 Å². The van der Waals surface area contributed by atoms with E-state index >= 15 is 0 Å². The van der Waals surface area contributed by atoms with Crippen LogP contribution >= 0.6 is 0 Å². The van der Waals surface area contributed by atoms with Gasteiger partial charge in [0.1, 0.15) is 0 Å². The first-order valence-electron chi connectivity index (χ1n) is 6.05. The summed E-state index contributed by atoms with van der Waals surface area (Å²) in [7, 11) is 0. The Balaban J connectivity index is 1.94. The van der Waals surface area contributed by atoms with Crippen LogP contribution in [0.2, 0.25) is 0 Å². The minimum absolute atomic E-state index is 0.278. The summed E-state index contributed by atoms with van der Waals surface area (Å²) in [4.78, 5) is 34.6. The third kappa shape index (κ3) is 2.50. The van der Waals surface area contributed by atoms with Crippen LogP contribution in [0.5, 0.6) is 0 Å². The SMILES string of the molecule is O=C(COC(=O)C1(C(=O)O)CCC1)c1ccccc1. The fourth-order valence-corrected chi connectivity index (χ4v) is 2.01.